The molecule has 1 atom stereocenters. The summed E-state index contributed by atoms with van der Waals surface area (Å²) in [6, 6.07) is 0.241. The van der Waals surface area contributed by atoms with Crippen molar-refractivity contribution in [3.05, 3.63) is 0 Å². The van der Waals surface area contributed by atoms with Crippen molar-refractivity contribution in [2.75, 3.05) is 19.8 Å². The van der Waals surface area contributed by atoms with Crippen LogP contribution in [0.1, 0.15) is 41.5 Å². The number of likely N-dealkylation sites (N-methyl/N-ethyl adjacent to an activating group) is 1. The minimum atomic E-state index is -0.181. The second-order valence-corrected chi connectivity index (χ2v) is 4.53. The van der Waals surface area contributed by atoms with Crippen LogP contribution in [-0.4, -0.2) is 37.5 Å². The molecule has 0 aliphatic heterocycles. The molecule has 92 valence electrons. The molecule has 0 spiro atoms. The van der Waals surface area contributed by atoms with Crippen molar-refractivity contribution < 1.29 is 9.47 Å². The van der Waals surface area contributed by atoms with Crippen LogP contribution in [-0.2, 0) is 9.47 Å². The first kappa shape index (κ1) is 14.9. The molecule has 0 fully saturated rings. The fourth-order valence-corrected chi connectivity index (χ4v) is 1.51. The maximum Gasteiger partial charge on any atom is 0.0801 e. The van der Waals surface area contributed by atoms with Crippen molar-refractivity contribution in [2.24, 2.45) is 0 Å². The van der Waals surface area contributed by atoms with Gasteiger partial charge in [0.05, 0.1) is 24.4 Å². The van der Waals surface area contributed by atoms with Crippen LogP contribution >= 0.6 is 0 Å². The fourth-order valence-electron chi connectivity index (χ4n) is 1.51. The van der Waals surface area contributed by atoms with Gasteiger partial charge >= 0.3 is 0 Å². The van der Waals surface area contributed by atoms with Gasteiger partial charge in [0.25, 0.3) is 0 Å². The monoisotopic (exact) mass is 217 g/mol. The van der Waals surface area contributed by atoms with Gasteiger partial charge in [0.15, 0.2) is 0 Å². The highest BCUT2D eigenvalue weighted by Crippen LogP contribution is 2.15. The van der Waals surface area contributed by atoms with Gasteiger partial charge in [-0.25, -0.2) is 0 Å². The maximum absolute atomic E-state index is 5.73. The fraction of sp³-hybridized carbons (Fsp3) is 1.00. The van der Waals surface area contributed by atoms with Gasteiger partial charge < -0.3 is 14.8 Å². The summed E-state index contributed by atoms with van der Waals surface area (Å²) >= 11 is 0. The second kappa shape index (κ2) is 7.20. The van der Waals surface area contributed by atoms with Crippen molar-refractivity contribution in [3.8, 4) is 0 Å². The average Bonchev–Trinajstić information content (AvgIpc) is 2.11. The average molecular weight is 217 g/mol. The summed E-state index contributed by atoms with van der Waals surface area (Å²) in [5.41, 5.74) is -0.181. The van der Waals surface area contributed by atoms with E-state index in [9.17, 15) is 0 Å². The Hall–Kier alpha value is -0.120. The van der Waals surface area contributed by atoms with Crippen molar-refractivity contribution >= 4 is 0 Å². The summed E-state index contributed by atoms with van der Waals surface area (Å²) in [7, 11) is 0. The van der Waals surface area contributed by atoms with E-state index in [1.165, 1.54) is 0 Å². The standard InChI is InChI=1S/C12H27NO2/c1-7-13-11(9-14-10(3)4)12(5,6)15-8-2/h10-11,13H,7-9H2,1-6H3. The third-order valence-electron chi connectivity index (χ3n) is 2.40. The zero-order valence-corrected chi connectivity index (χ0v) is 11.1. The molecular formula is C12H27NO2. The Bertz CT molecular complexity index is 158. The Kier molecular flexibility index (Phi) is 7.14. The molecule has 15 heavy (non-hydrogen) atoms. The van der Waals surface area contributed by atoms with Crippen molar-refractivity contribution in [2.45, 2.75) is 59.3 Å². The lowest BCUT2D eigenvalue weighted by Gasteiger charge is -2.35. The number of nitrogens with one attached hydrogen (secondary N) is 1. The van der Waals surface area contributed by atoms with Gasteiger partial charge in [-0.1, -0.05) is 6.92 Å². The molecule has 0 bridgehead atoms. The Morgan fingerprint density at radius 1 is 1.20 bits per heavy atom. The normalized spacial score (nSPS) is 14.6. The van der Waals surface area contributed by atoms with E-state index in [-0.39, 0.29) is 17.7 Å². The van der Waals surface area contributed by atoms with Crippen LogP contribution in [0.3, 0.4) is 0 Å². The molecule has 0 aliphatic carbocycles. The second-order valence-electron chi connectivity index (χ2n) is 4.53. The smallest absolute Gasteiger partial charge is 0.0801 e. The van der Waals surface area contributed by atoms with Crippen LogP contribution < -0.4 is 5.32 Å². The van der Waals surface area contributed by atoms with Gasteiger partial charge in [-0.05, 0) is 41.2 Å². The Balaban J connectivity index is 4.22. The summed E-state index contributed by atoms with van der Waals surface area (Å²) < 4.78 is 11.4. The van der Waals surface area contributed by atoms with E-state index >= 15 is 0 Å². The molecule has 1 unspecified atom stereocenters. The molecule has 0 aromatic carbocycles. The summed E-state index contributed by atoms with van der Waals surface area (Å²) in [5, 5.41) is 3.41. The zero-order valence-electron chi connectivity index (χ0n) is 11.1. The number of ether oxygens (including phenoxy) is 2. The van der Waals surface area contributed by atoms with Gasteiger partial charge in [-0.2, -0.15) is 0 Å². The molecular weight excluding hydrogens is 190 g/mol. The van der Waals surface area contributed by atoms with Gasteiger partial charge in [0, 0.05) is 6.61 Å². The molecule has 3 heteroatoms. The van der Waals surface area contributed by atoms with Crippen LogP contribution in [0.2, 0.25) is 0 Å². The molecule has 1 N–H and O–H groups in total. The first-order valence-electron chi connectivity index (χ1n) is 5.93. The van der Waals surface area contributed by atoms with Gasteiger partial charge in [0.1, 0.15) is 0 Å². The molecule has 0 rings (SSSR count). The van der Waals surface area contributed by atoms with E-state index in [1.54, 1.807) is 0 Å². The summed E-state index contributed by atoms with van der Waals surface area (Å²) in [6.07, 6.45) is 0.267. The quantitative estimate of drug-likeness (QED) is 0.676. The first-order valence-corrected chi connectivity index (χ1v) is 5.93. The third-order valence-corrected chi connectivity index (χ3v) is 2.40. The van der Waals surface area contributed by atoms with E-state index in [2.05, 4.69) is 39.9 Å². The van der Waals surface area contributed by atoms with E-state index in [4.69, 9.17) is 9.47 Å². The highest BCUT2D eigenvalue weighted by atomic mass is 16.5. The topological polar surface area (TPSA) is 30.5 Å². The predicted molar refractivity (Wildman–Crippen MR) is 64.3 cm³/mol. The maximum atomic E-state index is 5.73. The summed E-state index contributed by atoms with van der Waals surface area (Å²) in [5.74, 6) is 0. The Morgan fingerprint density at radius 2 is 1.80 bits per heavy atom. The molecule has 0 aromatic heterocycles. The van der Waals surface area contributed by atoms with Crippen LogP contribution in [0.25, 0.3) is 0 Å². The lowest BCUT2D eigenvalue weighted by Crippen LogP contribution is -2.51. The van der Waals surface area contributed by atoms with Crippen molar-refractivity contribution in [1.82, 2.24) is 5.32 Å². The highest BCUT2D eigenvalue weighted by molar-refractivity contribution is 4.85. The minimum Gasteiger partial charge on any atom is -0.377 e. The van der Waals surface area contributed by atoms with E-state index in [0.717, 1.165) is 13.2 Å². The molecule has 0 amide bonds. The minimum absolute atomic E-state index is 0.181. The third kappa shape index (κ3) is 6.13. The van der Waals surface area contributed by atoms with Crippen molar-refractivity contribution in [1.29, 1.82) is 0 Å². The Labute approximate surface area is 94.5 Å². The van der Waals surface area contributed by atoms with Crippen LogP contribution in [0.5, 0.6) is 0 Å². The van der Waals surface area contributed by atoms with Crippen LogP contribution in [0.4, 0.5) is 0 Å². The molecule has 0 saturated carbocycles. The van der Waals surface area contributed by atoms with Gasteiger partial charge in [-0.15, -0.1) is 0 Å². The highest BCUT2D eigenvalue weighted by Gasteiger charge is 2.29. The zero-order chi connectivity index (χ0) is 11.9. The van der Waals surface area contributed by atoms with Crippen molar-refractivity contribution in [3.63, 3.8) is 0 Å². The molecule has 0 saturated heterocycles. The van der Waals surface area contributed by atoms with E-state index < -0.39 is 0 Å². The van der Waals surface area contributed by atoms with Crippen LogP contribution in [0, 0.1) is 0 Å². The molecule has 0 radical (unpaired) electrons. The molecule has 0 aromatic rings. The predicted octanol–water partition coefficient (Wildman–Crippen LogP) is 2.20. The summed E-state index contributed by atoms with van der Waals surface area (Å²) in [6.45, 7) is 14.8. The number of rotatable bonds is 8. The summed E-state index contributed by atoms with van der Waals surface area (Å²) in [4.78, 5) is 0. The van der Waals surface area contributed by atoms with Crippen LogP contribution in [0.15, 0.2) is 0 Å². The van der Waals surface area contributed by atoms with E-state index in [1.807, 2.05) is 6.92 Å². The molecule has 3 nitrogen and oxygen atoms in total. The van der Waals surface area contributed by atoms with E-state index in [0.29, 0.717) is 6.61 Å². The number of hydrogen-bond acceptors (Lipinski definition) is 3. The number of hydrogen-bond donors (Lipinski definition) is 1. The van der Waals surface area contributed by atoms with Gasteiger partial charge in [-0.3, -0.25) is 0 Å². The van der Waals surface area contributed by atoms with Gasteiger partial charge in [0.2, 0.25) is 0 Å². The lowest BCUT2D eigenvalue weighted by molar-refractivity contribution is -0.0668. The lowest BCUT2D eigenvalue weighted by atomic mass is 9.99. The molecule has 0 aliphatic rings. The first-order chi connectivity index (χ1) is 6.94. The SMILES string of the molecule is CCNC(COC(C)C)C(C)(C)OCC. The Morgan fingerprint density at radius 3 is 2.20 bits per heavy atom. The largest absolute Gasteiger partial charge is 0.377 e. The molecule has 0 heterocycles.